The Bertz CT molecular complexity index is 709. The predicted octanol–water partition coefficient (Wildman–Crippen LogP) is 2.55. The van der Waals surface area contributed by atoms with Gasteiger partial charge < -0.3 is 15.1 Å². The first-order chi connectivity index (χ1) is 12.1. The van der Waals surface area contributed by atoms with Gasteiger partial charge in [0, 0.05) is 56.3 Å². The van der Waals surface area contributed by atoms with Crippen LogP contribution in [0.1, 0.15) is 42.8 Å². The number of fused-ring (bicyclic) bond motifs is 1. The largest absolute Gasteiger partial charge is 0.311 e. The van der Waals surface area contributed by atoms with Crippen LogP contribution in [-0.2, 0) is 6.54 Å². The summed E-state index contributed by atoms with van der Waals surface area (Å²) in [6.07, 6.45) is 2.69. The number of hydrogen-bond acceptors (Lipinski definition) is 5. The molecule has 6 heteroatoms. The summed E-state index contributed by atoms with van der Waals surface area (Å²) >= 11 is 1.79. The van der Waals surface area contributed by atoms with Crippen molar-refractivity contribution in [1.29, 1.82) is 0 Å². The Morgan fingerprint density at radius 1 is 1.28 bits per heavy atom. The van der Waals surface area contributed by atoms with Crippen LogP contribution in [0.2, 0.25) is 0 Å². The molecule has 2 aromatic heterocycles. The topological polar surface area (TPSA) is 35.8 Å². The van der Waals surface area contributed by atoms with Crippen molar-refractivity contribution in [3.05, 3.63) is 22.5 Å². The minimum absolute atomic E-state index is 0.678. The molecule has 0 aromatic carbocycles. The molecule has 138 valence electrons. The van der Waals surface area contributed by atoms with E-state index >= 15 is 0 Å². The van der Waals surface area contributed by atoms with Gasteiger partial charge in [0.05, 0.1) is 11.4 Å². The van der Waals surface area contributed by atoms with Gasteiger partial charge in [-0.2, -0.15) is 0 Å². The van der Waals surface area contributed by atoms with Gasteiger partial charge in [0.2, 0.25) is 0 Å². The van der Waals surface area contributed by atoms with Crippen molar-refractivity contribution in [1.82, 2.24) is 24.5 Å². The predicted molar refractivity (Wildman–Crippen MR) is 105 cm³/mol. The molecule has 5 nitrogen and oxygen atoms in total. The zero-order valence-corrected chi connectivity index (χ0v) is 16.6. The van der Waals surface area contributed by atoms with Gasteiger partial charge in [0.1, 0.15) is 0 Å². The summed E-state index contributed by atoms with van der Waals surface area (Å²) in [7, 11) is 2.22. The van der Waals surface area contributed by atoms with E-state index in [0.29, 0.717) is 5.92 Å². The van der Waals surface area contributed by atoms with Crippen LogP contribution in [0.5, 0.6) is 0 Å². The van der Waals surface area contributed by atoms with Gasteiger partial charge in [0.25, 0.3) is 0 Å². The highest BCUT2D eigenvalue weighted by molar-refractivity contribution is 7.15. The summed E-state index contributed by atoms with van der Waals surface area (Å²) in [4.78, 5) is 11.0. The van der Waals surface area contributed by atoms with Crippen molar-refractivity contribution in [2.45, 2.75) is 39.2 Å². The molecule has 1 atom stereocenters. The summed E-state index contributed by atoms with van der Waals surface area (Å²) in [5, 5.41) is 6.02. The summed E-state index contributed by atoms with van der Waals surface area (Å²) in [6, 6.07) is 0. The van der Waals surface area contributed by atoms with E-state index in [2.05, 4.69) is 45.8 Å². The number of thiazole rings is 1. The van der Waals surface area contributed by atoms with Crippen molar-refractivity contribution in [3.63, 3.8) is 0 Å². The second-order valence-corrected chi connectivity index (χ2v) is 8.87. The number of aryl methyl sites for hydroxylation is 1. The van der Waals surface area contributed by atoms with Gasteiger partial charge in [-0.3, -0.25) is 4.40 Å². The van der Waals surface area contributed by atoms with E-state index in [-0.39, 0.29) is 0 Å². The molecule has 1 saturated heterocycles. The Kier molecular flexibility index (Phi) is 5.13. The van der Waals surface area contributed by atoms with Crippen molar-refractivity contribution in [2.75, 3.05) is 46.3 Å². The Morgan fingerprint density at radius 2 is 2.04 bits per heavy atom. The number of aromatic nitrogens is 2. The van der Waals surface area contributed by atoms with E-state index in [4.69, 9.17) is 4.98 Å². The molecule has 2 fully saturated rings. The van der Waals surface area contributed by atoms with Crippen LogP contribution < -0.4 is 5.32 Å². The maximum Gasteiger partial charge on any atom is 0.194 e. The van der Waals surface area contributed by atoms with Crippen molar-refractivity contribution >= 4 is 16.3 Å². The first-order valence-corrected chi connectivity index (χ1v) is 10.6. The number of imidazole rings is 1. The minimum atomic E-state index is 0.678. The Labute approximate surface area is 155 Å². The molecule has 1 N–H and O–H groups in total. The lowest BCUT2D eigenvalue weighted by Gasteiger charge is -2.34. The van der Waals surface area contributed by atoms with Gasteiger partial charge in [-0.25, -0.2) is 4.98 Å². The van der Waals surface area contributed by atoms with Crippen LogP contribution in [0.3, 0.4) is 0 Å². The van der Waals surface area contributed by atoms with Crippen molar-refractivity contribution in [3.8, 4) is 0 Å². The molecule has 1 unspecified atom stereocenters. The smallest absolute Gasteiger partial charge is 0.194 e. The number of hydrogen-bond donors (Lipinski definition) is 1. The summed E-state index contributed by atoms with van der Waals surface area (Å²) in [5.41, 5.74) is 4.04. The highest BCUT2D eigenvalue weighted by atomic mass is 32.1. The van der Waals surface area contributed by atoms with Crippen LogP contribution in [0.15, 0.2) is 5.38 Å². The summed E-state index contributed by atoms with van der Waals surface area (Å²) in [6.45, 7) is 12.5. The van der Waals surface area contributed by atoms with E-state index in [1.807, 2.05) is 0 Å². The van der Waals surface area contributed by atoms with Crippen LogP contribution >= 0.6 is 11.3 Å². The zero-order valence-electron chi connectivity index (χ0n) is 15.8. The van der Waals surface area contributed by atoms with Crippen molar-refractivity contribution in [2.24, 2.45) is 5.92 Å². The summed E-state index contributed by atoms with van der Waals surface area (Å²) in [5.74, 6) is 1.45. The second-order valence-electron chi connectivity index (χ2n) is 8.04. The average Bonchev–Trinajstić information content (AvgIpc) is 3.28. The fraction of sp³-hybridized carbons (Fsp3) is 0.737. The molecule has 0 bridgehead atoms. The molecule has 2 aromatic rings. The third kappa shape index (κ3) is 3.92. The van der Waals surface area contributed by atoms with E-state index in [9.17, 15) is 0 Å². The number of nitrogens with zero attached hydrogens (tertiary/aromatic N) is 4. The van der Waals surface area contributed by atoms with Gasteiger partial charge in [-0.15, -0.1) is 11.3 Å². The maximum atomic E-state index is 4.77. The van der Waals surface area contributed by atoms with Crippen LogP contribution in [0.25, 0.3) is 4.96 Å². The Balaban J connectivity index is 1.31. The van der Waals surface area contributed by atoms with E-state index < -0.39 is 0 Å². The lowest BCUT2D eigenvalue weighted by atomic mass is 10.1. The van der Waals surface area contributed by atoms with Gasteiger partial charge in [-0.1, -0.05) is 6.92 Å². The van der Waals surface area contributed by atoms with Gasteiger partial charge in [0.15, 0.2) is 4.96 Å². The fourth-order valence-electron chi connectivity index (χ4n) is 3.88. The molecular weight excluding hydrogens is 330 g/mol. The molecule has 4 rings (SSSR count). The van der Waals surface area contributed by atoms with Crippen LogP contribution in [0.4, 0.5) is 0 Å². The Hall–Kier alpha value is -0.950. The molecule has 3 heterocycles. The highest BCUT2D eigenvalue weighted by Crippen LogP contribution is 2.42. The standard InChI is InChI=1S/C19H31N5S/c1-14(12-23-8-6-22(3)7-9-23)10-20-11-17-15(2)21-19-24(17)18(13-25-19)16-4-5-16/h13-14,16,20H,4-12H2,1-3H3. The summed E-state index contributed by atoms with van der Waals surface area (Å²) < 4.78 is 2.43. The third-order valence-corrected chi connectivity index (χ3v) is 6.48. The second kappa shape index (κ2) is 7.35. The number of piperazine rings is 1. The number of likely N-dealkylation sites (N-methyl/N-ethyl adjacent to an activating group) is 1. The fourth-order valence-corrected chi connectivity index (χ4v) is 4.92. The number of rotatable bonds is 7. The molecule has 1 aliphatic carbocycles. The molecular formula is C19H31N5S. The molecule has 0 radical (unpaired) electrons. The molecule has 1 aliphatic heterocycles. The molecule has 0 spiro atoms. The lowest BCUT2D eigenvalue weighted by Crippen LogP contribution is -2.46. The maximum absolute atomic E-state index is 4.77. The lowest BCUT2D eigenvalue weighted by molar-refractivity contribution is 0.138. The Morgan fingerprint density at radius 3 is 2.76 bits per heavy atom. The molecule has 25 heavy (non-hydrogen) atoms. The van der Waals surface area contributed by atoms with E-state index in [1.54, 1.807) is 11.3 Å². The molecule has 0 amide bonds. The first-order valence-electron chi connectivity index (χ1n) is 9.68. The SMILES string of the molecule is Cc1nc2scc(C3CC3)n2c1CNCC(C)CN1CCN(C)CC1. The quantitative estimate of drug-likeness (QED) is 0.822. The molecule has 1 saturated carbocycles. The number of nitrogens with one attached hydrogen (secondary N) is 1. The van der Waals surface area contributed by atoms with E-state index in [1.165, 1.54) is 67.6 Å². The average molecular weight is 362 g/mol. The normalized spacial score (nSPS) is 21.2. The first kappa shape index (κ1) is 17.5. The third-order valence-electron chi connectivity index (χ3n) is 5.63. The van der Waals surface area contributed by atoms with E-state index in [0.717, 1.165) is 19.0 Å². The zero-order chi connectivity index (χ0) is 17.4. The monoisotopic (exact) mass is 361 g/mol. The van der Waals surface area contributed by atoms with Crippen LogP contribution in [-0.4, -0.2) is 65.5 Å². The minimum Gasteiger partial charge on any atom is -0.311 e. The van der Waals surface area contributed by atoms with Gasteiger partial charge >= 0.3 is 0 Å². The molecule has 2 aliphatic rings. The van der Waals surface area contributed by atoms with Gasteiger partial charge in [-0.05, 0) is 39.3 Å². The highest BCUT2D eigenvalue weighted by Gasteiger charge is 2.28. The van der Waals surface area contributed by atoms with Crippen LogP contribution in [0, 0.1) is 12.8 Å². The van der Waals surface area contributed by atoms with Crippen molar-refractivity contribution < 1.29 is 0 Å².